The number of hydrogen-bond acceptors (Lipinski definition) is 6. The summed E-state index contributed by atoms with van der Waals surface area (Å²) >= 11 is 1.58. The molecule has 1 N–H and O–H groups in total. The summed E-state index contributed by atoms with van der Waals surface area (Å²) in [5.41, 5.74) is 4.15. The van der Waals surface area contributed by atoms with Gasteiger partial charge in [-0.1, -0.05) is 35.9 Å². The van der Waals surface area contributed by atoms with Crippen molar-refractivity contribution in [2.75, 3.05) is 31.2 Å². The molecule has 1 saturated heterocycles. The van der Waals surface area contributed by atoms with E-state index in [2.05, 4.69) is 51.4 Å². The third-order valence-electron chi connectivity index (χ3n) is 5.08. The Morgan fingerprint density at radius 2 is 1.90 bits per heavy atom. The van der Waals surface area contributed by atoms with Gasteiger partial charge >= 0.3 is 0 Å². The van der Waals surface area contributed by atoms with Crippen LogP contribution in [-0.4, -0.2) is 42.2 Å². The first kappa shape index (κ1) is 20.5. The highest BCUT2D eigenvalue weighted by molar-refractivity contribution is 7.12. The maximum absolute atomic E-state index is 12.6. The molecule has 6 nitrogen and oxygen atoms in total. The van der Waals surface area contributed by atoms with Crippen LogP contribution in [0, 0.1) is 13.8 Å². The van der Waals surface area contributed by atoms with Crippen molar-refractivity contribution in [1.29, 1.82) is 0 Å². The lowest BCUT2D eigenvalue weighted by atomic mass is 10.1. The van der Waals surface area contributed by atoms with Crippen molar-refractivity contribution in [3.05, 3.63) is 63.6 Å². The Bertz CT molecular complexity index is 993. The Kier molecular flexibility index (Phi) is 6.40. The van der Waals surface area contributed by atoms with Gasteiger partial charge in [-0.15, -0.1) is 11.3 Å². The number of aromatic nitrogens is 2. The number of ether oxygens (including phenoxy) is 1. The van der Waals surface area contributed by atoms with E-state index in [1.807, 2.05) is 25.3 Å². The number of anilines is 1. The molecule has 3 aromatic rings. The van der Waals surface area contributed by atoms with Crippen molar-refractivity contribution in [2.45, 2.75) is 26.8 Å². The van der Waals surface area contributed by atoms with E-state index in [1.165, 1.54) is 5.56 Å². The van der Waals surface area contributed by atoms with Gasteiger partial charge in [-0.25, -0.2) is 9.97 Å². The summed E-state index contributed by atoms with van der Waals surface area (Å²) in [5.74, 6) is 0.945. The van der Waals surface area contributed by atoms with Crippen molar-refractivity contribution in [3.8, 4) is 11.3 Å². The molecule has 0 aliphatic carbocycles. The molecule has 0 bridgehead atoms. The zero-order valence-electron chi connectivity index (χ0n) is 17.4. The number of nitrogens with one attached hydrogen (secondary N) is 1. The number of benzene rings is 1. The molecule has 3 heterocycles. The average Bonchev–Trinajstić information content (AvgIpc) is 3.13. The quantitative estimate of drug-likeness (QED) is 0.658. The Morgan fingerprint density at radius 1 is 1.13 bits per heavy atom. The number of carbonyl (C=O) groups is 1. The van der Waals surface area contributed by atoms with Crippen molar-refractivity contribution in [3.63, 3.8) is 0 Å². The van der Waals surface area contributed by atoms with E-state index in [0.717, 1.165) is 58.8 Å². The topological polar surface area (TPSA) is 67.4 Å². The zero-order chi connectivity index (χ0) is 20.9. The Hall–Kier alpha value is -2.77. The minimum atomic E-state index is -0.00994. The van der Waals surface area contributed by atoms with Gasteiger partial charge in [-0.2, -0.15) is 0 Å². The van der Waals surface area contributed by atoms with Gasteiger partial charge < -0.3 is 15.0 Å². The number of thiazole rings is 1. The lowest BCUT2D eigenvalue weighted by molar-refractivity contribution is -0.120. The lowest BCUT2D eigenvalue weighted by Crippen LogP contribution is -2.36. The van der Waals surface area contributed by atoms with Gasteiger partial charge in [0.2, 0.25) is 5.91 Å². The maximum Gasteiger partial charge on any atom is 0.225 e. The molecule has 1 aromatic carbocycles. The van der Waals surface area contributed by atoms with E-state index in [0.29, 0.717) is 13.0 Å². The summed E-state index contributed by atoms with van der Waals surface area (Å²) in [7, 11) is 0. The van der Waals surface area contributed by atoms with Gasteiger partial charge in [0.1, 0.15) is 5.82 Å². The summed E-state index contributed by atoms with van der Waals surface area (Å²) in [4.78, 5) is 25.0. The van der Waals surface area contributed by atoms with Gasteiger partial charge in [0.15, 0.2) is 0 Å². The number of aryl methyl sites for hydroxylation is 2. The van der Waals surface area contributed by atoms with Crippen LogP contribution in [0.25, 0.3) is 11.3 Å². The molecule has 30 heavy (non-hydrogen) atoms. The van der Waals surface area contributed by atoms with E-state index in [1.54, 1.807) is 11.3 Å². The average molecular weight is 423 g/mol. The minimum absolute atomic E-state index is 0.00994. The molecule has 2 aromatic heterocycles. The molecule has 1 amide bonds. The highest BCUT2D eigenvalue weighted by Gasteiger charge is 2.15. The van der Waals surface area contributed by atoms with Gasteiger partial charge in [0.05, 0.1) is 30.3 Å². The Labute approximate surface area is 180 Å². The van der Waals surface area contributed by atoms with Crippen molar-refractivity contribution < 1.29 is 9.53 Å². The fourth-order valence-corrected chi connectivity index (χ4v) is 4.39. The second-order valence-corrected chi connectivity index (χ2v) is 8.74. The Balaban J connectivity index is 1.36. The van der Waals surface area contributed by atoms with Crippen LogP contribution in [0.2, 0.25) is 0 Å². The van der Waals surface area contributed by atoms with E-state index in [4.69, 9.17) is 4.74 Å². The molecule has 0 saturated carbocycles. The van der Waals surface area contributed by atoms with E-state index in [-0.39, 0.29) is 5.91 Å². The molecule has 7 heteroatoms. The van der Waals surface area contributed by atoms with E-state index >= 15 is 0 Å². The fourth-order valence-electron chi connectivity index (χ4n) is 3.44. The van der Waals surface area contributed by atoms with Crippen molar-refractivity contribution in [2.24, 2.45) is 0 Å². The predicted octanol–water partition coefficient (Wildman–Crippen LogP) is 3.52. The summed E-state index contributed by atoms with van der Waals surface area (Å²) in [6.45, 7) is 7.70. The highest BCUT2D eigenvalue weighted by Crippen LogP contribution is 2.28. The van der Waals surface area contributed by atoms with Gasteiger partial charge in [0.25, 0.3) is 0 Å². The van der Waals surface area contributed by atoms with Crippen LogP contribution in [-0.2, 0) is 22.5 Å². The minimum Gasteiger partial charge on any atom is -0.378 e. The van der Waals surface area contributed by atoms with Gasteiger partial charge in [-0.05, 0) is 25.5 Å². The largest absolute Gasteiger partial charge is 0.378 e. The third-order valence-corrected chi connectivity index (χ3v) is 6.06. The molecule has 1 fully saturated rings. The van der Waals surface area contributed by atoms with E-state index < -0.39 is 0 Å². The number of carbonyl (C=O) groups excluding carboxylic acids is 1. The number of hydrogen-bond donors (Lipinski definition) is 1. The van der Waals surface area contributed by atoms with Gasteiger partial charge in [0, 0.05) is 36.3 Å². The number of amides is 1. The van der Waals surface area contributed by atoms with E-state index in [9.17, 15) is 4.79 Å². The molecular weight excluding hydrogens is 396 g/mol. The van der Waals surface area contributed by atoms with Crippen LogP contribution in [0.5, 0.6) is 0 Å². The molecule has 0 atom stereocenters. The molecule has 1 aliphatic heterocycles. The second kappa shape index (κ2) is 9.36. The van der Waals surface area contributed by atoms with Crippen LogP contribution in [0.15, 0.2) is 42.6 Å². The summed E-state index contributed by atoms with van der Waals surface area (Å²) < 4.78 is 5.38. The molecule has 4 rings (SSSR count). The smallest absolute Gasteiger partial charge is 0.225 e. The van der Waals surface area contributed by atoms with Crippen LogP contribution in [0.3, 0.4) is 0 Å². The monoisotopic (exact) mass is 422 g/mol. The Morgan fingerprint density at radius 3 is 2.60 bits per heavy atom. The zero-order valence-corrected chi connectivity index (χ0v) is 18.2. The maximum atomic E-state index is 12.6. The summed E-state index contributed by atoms with van der Waals surface area (Å²) in [6, 6.07) is 12.3. The highest BCUT2D eigenvalue weighted by atomic mass is 32.1. The molecule has 0 unspecified atom stereocenters. The first-order valence-electron chi connectivity index (χ1n) is 10.2. The first-order valence-corrected chi connectivity index (χ1v) is 11.0. The predicted molar refractivity (Wildman–Crippen MR) is 120 cm³/mol. The number of morpholine rings is 1. The van der Waals surface area contributed by atoms with Crippen molar-refractivity contribution in [1.82, 2.24) is 15.3 Å². The van der Waals surface area contributed by atoms with Crippen LogP contribution >= 0.6 is 11.3 Å². The van der Waals surface area contributed by atoms with Gasteiger partial charge in [-0.3, -0.25) is 4.79 Å². The van der Waals surface area contributed by atoms with Crippen LogP contribution in [0.4, 0.5) is 5.82 Å². The second-order valence-electron chi connectivity index (χ2n) is 7.45. The van der Waals surface area contributed by atoms with Crippen molar-refractivity contribution >= 4 is 23.1 Å². The summed E-state index contributed by atoms with van der Waals surface area (Å²) in [5, 5.41) is 3.98. The normalized spacial score (nSPS) is 14.0. The molecule has 1 aliphatic rings. The number of nitrogens with zero attached hydrogens (tertiary/aromatic N) is 3. The SMILES string of the molecule is Cc1ccc(-c2nc(C)sc2CC(=O)NCc2ccc(N3CCOCC3)nc2)cc1. The number of rotatable bonds is 6. The molecule has 0 radical (unpaired) electrons. The standard InChI is InChI=1S/C23H26N4O2S/c1-16-3-6-19(7-4-16)23-20(30-17(2)26-23)13-22(28)25-15-18-5-8-21(24-14-18)27-9-11-29-12-10-27/h3-8,14H,9-13,15H2,1-2H3,(H,25,28). The van der Waals surface area contributed by atoms with Crippen LogP contribution < -0.4 is 10.2 Å². The first-order chi connectivity index (χ1) is 14.6. The summed E-state index contributed by atoms with van der Waals surface area (Å²) in [6.07, 6.45) is 2.16. The molecule has 156 valence electrons. The van der Waals surface area contributed by atoms with Crippen LogP contribution in [0.1, 0.15) is 21.0 Å². The molecule has 0 spiro atoms. The molecular formula is C23H26N4O2S. The third kappa shape index (κ3) is 5.04. The number of pyridine rings is 1. The lowest BCUT2D eigenvalue weighted by Gasteiger charge is -2.27. The fraction of sp³-hybridized carbons (Fsp3) is 0.348.